The second-order valence-electron chi connectivity index (χ2n) is 8.31. The van der Waals surface area contributed by atoms with Crippen LogP contribution in [0.3, 0.4) is 0 Å². The summed E-state index contributed by atoms with van der Waals surface area (Å²) in [6.45, 7) is 10.1. The number of esters is 1. The first-order chi connectivity index (χ1) is 18.4. The summed E-state index contributed by atoms with van der Waals surface area (Å²) in [5.41, 5.74) is 2.07. The molecular formula is C29H30N2O6S. The minimum absolute atomic E-state index is 0.200. The van der Waals surface area contributed by atoms with Gasteiger partial charge in [0.1, 0.15) is 12.4 Å². The Labute approximate surface area is 224 Å². The van der Waals surface area contributed by atoms with E-state index in [9.17, 15) is 9.59 Å². The van der Waals surface area contributed by atoms with Gasteiger partial charge in [-0.25, -0.2) is 9.79 Å². The highest BCUT2D eigenvalue weighted by Gasteiger charge is 2.34. The number of hydrogen-bond donors (Lipinski definition) is 0. The lowest BCUT2D eigenvalue weighted by Crippen LogP contribution is -2.40. The van der Waals surface area contributed by atoms with E-state index in [1.54, 1.807) is 49.8 Å². The van der Waals surface area contributed by atoms with Crippen molar-refractivity contribution in [1.82, 2.24) is 4.57 Å². The summed E-state index contributed by atoms with van der Waals surface area (Å²) >= 11 is 1.27. The van der Waals surface area contributed by atoms with Crippen molar-refractivity contribution >= 4 is 23.4 Å². The van der Waals surface area contributed by atoms with Gasteiger partial charge >= 0.3 is 5.97 Å². The number of methoxy groups -OCH3 is 1. The molecule has 0 aliphatic carbocycles. The Hall–Kier alpha value is -4.11. The fraction of sp³-hybridized carbons (Fsp3) is 0.276. The first-order valence-electron chi connectivity index (χ1n) is 12.3. The molecule has 0 unspecified atom stereocenters. The molecule has 0 N–H and O–H groups in total. The molecule has 1 atom stereocenters. The molecule has 0 spiro atoms. The van der Waals surface area contributed by atoms with E-state index in [2.05, 4.69) is 11.6 Å². The Morgan fingerprint density at radius 1 is 1.11 bits per heavy atom. The van der Waals surface area contributed by atoms with Crippen molar-refractivity contribution in [2.75, 3.05) is 26.9 Å². The molecule has 0 saturated heterocycles. The van der Waals surface area contributed by atoms with Crippen molar-refractivity contribution in [2.24, 2.45) is 4.99 Å². The molecule has 1 aliphatic heterocycles. The molecule has 0 fully saturated rings. The third-order valence-corrected chi connectivity index (χ3v) is 6.85. The van der Waals surface area contributed by atoms with E-state index in [-0.39, 0.29) is 12.2 Å². The number of nitrogens with zero attached hydrogens (tertiary/aromatic N) is 2. The van der Waals surface area contributed by atoms with Crippen molar-refractivity contribution in [3.63, 3.8) is 0 Å². The van der Waals surface area contributed by atoms with Gasteiger partial charge in [-0.1, -0.05) is 42.2 Å². The molecule has 198 valence electrons. The minimum atomic E-state index is -0.743. The van der Waals surface area contributed by atoms with Crippen LogP contribution in [0.5, 0.6) is 17.2 Å². The lowest BCUT2D eigenvalue weighted by Gasteiger charge is -2.25. The standard InChI is InChI=1S/C29H30N2O6S/c1-6-15-37-21-12-9-19(10-13-21)16-24-27(32)31-26(20-11-14-22(34-5)23(17-20)35-7-2)25(28(33)36-8-3)18(4)30-29(31)38-24/h6,9-14,16-17,26H,1,7-8,15H2,2-5H3/b24-16+/t26-/m0/s1. The maximum Gasteiger partial charge on any atom is 0.338 e. The zero-order chi connectivity index (χ0) is 27.2. The normalized spacial score (nSPS) is 14.9. The first kappa shape index (κ1) is 26.9. The van der Waals surface area contributed by atoms with Gasteiger partial charge in [0.15, 0.2) is 16.3 Å². The van der Waals surface area contributed by atoms with Gasteiger partial charge < -0.3 is 18.9 Å². The molecule has 38 heavy (non-hydrogen) atoms. The lowest BCUT2D eigenvalue weighted by atomic mass is 9.95. The van der Waals surface area contributed by atoms with E-state index in [4.69, 9.17) is 18.9 Å². The van der Waals surface area contributed by atoms with Gasteiger partial charge in [0.2, 0.25) is 0 Å². The fourth-order valence-electron chi connectivity index (χ4n) is 4.21. The first-order valence-corrected chi connectivity index (χ1v) is 13.1. The third-order valence-electron chi connectivity index (χ3n) is 5.87. The second-order valence-corrected chi connectivity index (χ2v) is 9.32. The molecule has 0 saturated carbocycles. The van der Waals surface area contributed by atoms with Gasteiger partial charge in [0, 0.05) is 0 Å². The quantitative estimate of drug-likeness (QED) is 0.291. The maximum absolute atomic E-state index is 13.8. The number of fused-ring (bicyclic) bond motifs is 1. The van der Waals surface area contributed by atoms with E-state index in [0.717, 1.165) is 5.56 Å². The van der Waals surface area contributed by atoms with Crippen molar-refractivity contribution in [3.05, 3.63) is 97.2 Å². The van der Waals surface area contributed by atoms with E-state index < -0.39 is 12.0 Å². The zero-order valence-corrected chi connectivity index (χ0v) is 22.7. The third kappa shape index (κ3) is 5.43. The molecule has 8 nitrogen and oxygen atoms in total. The number of thiazole rings is 1. The number of ether oxygens (including phenoxy) is 4. The van der Waals surface area contributed by atoms with E-state index >= 15 is 0 Å². The Morgan fingerprint density at radius 2 is 1.87 bits per heavy atom. The highest BCUT2D eigenvalue weighted by atomic mass is 32.1. The summed E-state index contributed by atoms with van der Waals surface area (Å²) in [5, 5.41) is 0. The minimum Gasteiger partial charge on any atom is -0.493 e. The second kappa shape index (κ2) is 12.0. The van der Waals surface area contributed by atoms with Gasteiger partial charge in [-0.2, -0.15) is 0 Å². The van der Waals surface area contributed by atoms with Crippen LogP contribution in [0.2, 0.25) is 0 Å². The molecule has 1 aromatic heterocycles. The average Bonchev–Trinajstić information content (AvgIpc) is 3.21. The van der Waals surface area contributed by atoms with Crippen molar-refractivity contribution in [3.8, 4) is 17.2 Å². The number of carbonyl (C=O) groups excluding carboxylic acids is 1. The molecule has 4 rings (SSSR count). The van der Waals surface area contributed by atoms with Gasteiger partial charge in [-0.3, -0.25) is 9.36 Å². The Kier molecular flexibility index (Phi) is 8.48. The molecule has 0 radical (unpaired) electrons. The summed E-state index contributed by atoms with van der Waals surface area (Å²) in [6.07, 6.45) is 3.49. The van der Waals surface area contributed by atoms with Crippen LogP contribution in [0.25, 0.3) is 6.08 Å². The topological polar surface area (TPSA) is 88.3 Å². The Balaban J connectivity index is 1.87. The van der Waals surface area contributed by atoms with Crippen LogP contribution in [0.1, 0.15) is 37.9 Å². The summed E-state index contributed by atoms with van der Waals surface area (Å²) in [5.74, 6) is 1.27. The molecule has 0 bridgehead atoms. The highest BCUT2D eigenvalue weighted by molar-refractivity contribution is 7.07. The maximum atomic E-state index is 13.8. The highest BCUT2D eigenvalue weighted by Crippen LogP contribution is 2.36. The molecule has 9 heteroatoms. The number of benzene rings is 2. The predicted octanol–water partition coefficient (Wildman–Crippen LogP) is 3.77. The molecule has 1 aliphatic rings. The van der Waals surface area contributed by atoms with Crippen molar-refractivity contribution in [1.29, 1.82) is 0 Å². The van der Waals surface area contributed by atoms with E-state index in [1.807, 2.05) is 37.3 Å². The Morgan fingerprint density at radius 3 is 2.53 bits per heavy atom. The largest absolute Gasteiger partial charge is 0.493 e. The van der Waals surface area contributed by atoms with Crippen molar-refractivity contribution in [2.45, 2.75) is 26.8 Å². The Bertz CT molecular complexity index is 1550. The summed E-state index contributed by atoms with van der Waals surface area (Å²) in [4.78, 5) is 32.0. The van der Waals surface area contributed by atoms with Crippen LogP contribution >= 0.6 is 11.3 Å². The average molecular weight is 535 g/mol. The molecule has 0 amide bonds. The summed E-state index contributed by atoms with van der Waals surface area (Å²) in [7, 11) is 1.56. The van der Waals surface area contributed by atoms with Gasteiger partial charge in [-0.05, 0) is 62.2 Å². The predicted molar refractivity (Wildman–Crippen MR) is 147 cm³/mol. The van der Waals surface area contributed by atoms with Crippen LogP contribution in [-0.2, 0) is 9.53 Å². The van der Waals surface area contributed by atoms with Crippen LogP contribution in [0.4, 0.5) is 0 Å². The number of hydrogen-bond acceptors (Lipinski definition) is 8. The summed E-state index contributed by atoms with van der Waals surface area (Å²) < 4.78 is 24.2. The lowest BCUT2D eigenvalue weighted by molar-refractivity contribution is -0.139. The van der Waals surface area contributed by atoms with Gasteiger partial charge in [-0.15, -0.1) is 0 Å². The molecule has 2 heterocycles. The van der Waals surface area contributed by atoms with Crippen LogP contribution in [0, 0.1) is 0 Å². The van der Waals surface area contributed by atoms with Gasteiger partial charge in [0.05, 0.1) is 42.2 Å². The summed E-state index contributed by atoms with van der Waals surface area (Å²) in [6, 6.07) is 12.1. The van der Waals surface area contributed by atoms with Crippen LogP contribution in [-0.4, -0.2) is 37.5 Å². The molecular weight excluding hydrogens is 504 g/mol. The van der Waals surface area contributed by atoms with E-state index in [1.165, 1.54) is 11.3 Å². The number of carbonyl (C=O) groups is 1. The van der Waals surface area contributed by atoms with Crippen LogP contribution in [0.15, 0.2) is 76.2 Å². The number of allylic oxidation sites excluding steroid dienone is 1. The smallest absolute Gasteiger partial charge is 0.338 e. The van der Waals surface area contributed by atoms with Gasteiger partial charge in [0.25, 0.3) is 5.56 Å². The monoisotopic (exact) mass is 534 g/mol. The molecule has 2 aromatic carbocycles. The van der Waals surface area contributed by atoms with Crippen LogP contribution < -0.4 is 29.1 Å². The zero-order valence-electron chi connectivity index (χ0n) is 21.9. The SMILES string of the molecule is C=CCOc1ccc(/C=c2/sc3n(c2=O)[C@@H](c2ccc(OC)c(OCC)c2)C(C(=O)OCC)=C(C)N=3)cc1. The number of aromatic nitrogens is 1. The molecule has 3 aromatic rings. The number of rotatable bonds is 10. The fourth-order valence-corrected chi connectivity index (χ4v) is 5.25. The van der Waals surface area contributed by atoms with E-state index in [0.29, 0.717) is 56.6 Å². The van der Waals surface area contributed by atoms with Crippen molar-refractivity contribution < 1.29 is 23.7 Å².